The van der Waals surface area contributed by atoms with Crippen LogP contribution in [0.3, 0.4) is 0 Å². The summed E-state index contributed by atoms with van der Waals surface area (Å²) in [7, 11) is 0. The number of hydrogen-bond acceptors (Lipinski definition) is 3. The molecule has 0 heterocycles. The fraction of sp³-hybridized carbons (Fsp3) is 0.250. The third-order valence-corrected chi connectivity index (χ3v) is 2.52. The van der Waals surface area contributed by atoms with Crippen LogP contribution in [0.15, 0.2) is 24.3 Å². The Labute approximate surface area is 102 Å². The van der Waals surface area contributed by atoms with Crippen LogP contribution in [0.2, 0.25) is 0 Å². The summed E-state index contributed by atoms with van der Waals surface area (Å²) >= 11 is 0. The van der Waals surface area contributed by atoms with Gasteiger partial charge in [-0.25, -0.2) is 4.39 Å². The van der Waals surface area contributed by atoms with Gasteiger partial charge in [-0.05, 0) is 17.7 Å². The highest BCUT2D eigenvalue weighted by molar-refractivity contribution is 5.75. The lowest BCUT2D eigenvalue weighted by Crippen LogP contribution is -2.30. The summed E-state index contributed by atoms with van der Waals surface area (Å²) in [5, 5.41) is 26.7. The van der Waals surface area contributed by atoms with E-state index >= 15 is 0 Å². The number of halogens is 1. The number of carbonyl (C=O) groups is 2. The maximum atomic E-state index is 12.8. The van der Waals surface area contributed by atoms with Gasteiger partial charge in [-0.15, -0.1) is 0 Å². The Hall–Kier alpha value is -2.42. The topological polar surface area (TPSA) is 98.4 Å². The van der Waals surface area contributed by atoms with E-state index < -0.39 is 36.0 Å². The molecular weight excluding hydrogens is 241 g/mol. The first-order chi connectivity index (χ1) is 8.39. The summed E-state index contributed by atoms with van der Waals surface area (Å²) in [4.78, 5) is 21.6. The Bertz CT molecular complexity index is 488. The molecule has 0 aliphatic carbocycles. The molecule has 18 heavy (non-hydrogen) atoms. The molecule has 1 rings (SSSR count). The van der Waals surface area contributed by atoms with Gasteiger partial charge in [0.1, 0.15) is 11.2 Å². The van der Waals surface area contributed by atoms with E-state index in [9.17, 15) is 14.0 Å². The number of benzene rings is 1. The number of rotatable bonds is 5. The Morgan fingerprint density at radius 1 is 1.17 bits per heavy atom. The fourth-order valence-electron chi connectivity index (χ4n) is 1.70. The van der Waals surface area contributed by atoms with E-state index in [-0.39, 0.29) is 5.56 Å². The van der Waals surface area contributed by atoms with Gasteiger partial charge in [0, 0.05) is 0 Å². The molecule has 0 bridgehead atoms. The van der Waals surface area contributed by atoms with E-state index in [1.54, 1.807) is 6.07 Å². The molecule has 0 spiro atoms. The molecule has 0 radical (unpaired) electrons. The van der Waals surface area contributed by atoms with E-state index in [0.29, 0.717) is 0 Å². The average Bonchev–Trinajstić information content (AvgIpc) is 2.27. The van der Waals surface area contributed by atoms with Gasteiger partial charge in [-0.2, -0.15) is 5.26 Å². The first kappa shape index (κ1) is 13.6. The molecule has 0 atom stereocenters. The highest BCUT2D eigenvalue weighted by Crippen LogP contribution is 2.31. The smallest absolute Gasteiger partial charge is 0.305 e. The van der Waals surface area contributed by atoms with Crippen LogP contribution in [-0.4, -0.2) is 22.2 Å². The van der Waals surface area contributed by atoms with Crippen LogP contribution in [0.1, 0.15) is 18.4 Å². The van der Waals surface area contributed by atoms with Crippen molar-refractivity contribution in [3.63, 3.8) is 0 Å². The third kappa shape index (κ3) is 3.04. The largest absolute Gasteiger partial charge is 0.481 e. The van der Waals surface area contributed by atoms with Gasteiger partial charge in [0.05, 0.1) is 18.9 Å². The number of carboxylic acid groups (broad SMARTS) is 2. The van der Waals surface area contributed by atoms with Gasteiger partial charge < -0.3 is 10.2 Å². The SMILES string of the molecule is N#CC(CC(=O)O)(CC(=O)O)c1ccc(F)cc1. The lowest BCUT2D eigenvalue weighted by Gasteiger charge is -2.23. The van der Waals surface area contributed by atoms with Crippen molar-refractivity contribution in [2.24, 2.45) is 0 Å². The minimum absolute atomic E-state index is 0.177. The summed E-state index contributed by atoms with van der Waals surface area (Å²) in [5.74, 6) is -3.12. The molecule has 0 unspecified atom stereocenters. The van der Waals surface area contributed by atoms with E-state index in [1.165, 1.54) is 12.1 Å². The van der Waals surface area contributed by atoms with E-state index in [2.05, 4.69) is 0 Å². The van der Waals surface area contributed by atoms with Gasteiger partial charge in [-0.1, -0.05) is 12.1 Å². The highest BCUT2D eigenvalue weighted by Gasteiger charge is 2.37. The Morgan fingerprint density at radius 3 is 1.94 bits per heavy atom. The van der Waals surface area contributed by atoms with Crippen molar-refractivity contribution in [3.8, 4) is 6.07 Å². The molecule has 0 saturated heterocycles. The molecule has 0 aliphatic heterocycles. The number of nitriles is 1. The highest BCUT2D eigenvalue weighted by atomic mass is 19.1. The lowest BCUT2D eigenvalue weighted by atomic mass is 9.76. The molecule has 0 amide bonds. The number of nitrogens with zero attached hydrogens (tertiary/aromatic N) is 1. The molecule has 2 N–H and O–H groups in total. The molecule has 5 nitrogen and oxygen atoms in total. The van der Waals surface area contributed by atoms with E-state index in [0.717, 1.165) is 12.1 Å². The summed E-state index contributed by atoms with van der Waals surface area (Å²) in [5.41, 5.74) is -1.51. The van der Waals surface area contributed by atoms with Crippen molar-refractivity contribution >= 4 is 11.9 Å². The van der Waals surface area contributed by atoms with Crippen LogP contribution in [-0.2, 0) is 15.0 Å². The van der Waals surface area contributed by atoms with Gasteiger partial charge in [0.2, 0.25) is 0 Å². The van der Waals surface area contributed by atoms with Crippen LogP contribution in [0.4, 0.5) is 4.39 Å². The molecule has 1 aromatic rings. The van der Waals surface area contributed by atoms with Crippen molar-refractivity contribution in [1.29, 1.82) is 5.26 Å². The quantitative estimate of drug-likeness (QED) is 0.826. The minimum Gasteiger partial charge on any atom is -0.481 e. The van der Waals surface area contributed by atoms with Gasteiger partial charge in [0.15, 0.2) is 0 Å². The predicted molar refractivity (Wildman–Crippen MR) is 58.2 cm³/mol. The van der Waals surface area contributed by atoms with Crippen LogP contribution < -0.4 is 0 Å². The molecule has 1 aromatic carbocycles. The summed E-state index contributed by atoms with van der Waals surface area (Å²) < 4.78 is 12.8. The molecule has 0 aromatic heterocycles. The maximum absolute atomic E-state index is 12.8. The van der Waals surface area contributed by atoms with Crippen molar-refractivity contribution in [2.75, 3.05) is 0 Å². The first-order valence-electron chi connectivity index (χ1n) is 5.00. The summed E-state index contributed by atoms with van der Waals surface area (Å²) in [6.07, 6.45) is -1.30. The molecular formula is C12H10FNO4. The van der Waals surface area contributed by atoms with Crippen molar-refractivity contribution in [1.82, 2.24) is 0 Å². The normalized spacial score (nSPS) is 10.7. The zero-order valence-electron chi connectivity index (χ0n) is 9.26. The second-order valence-corrected chi connectivity index (χ2v) is 3.84. The molecule has 0 saturated carbocycles. The van der Waals surface area contributed by atoms with E-state index in [4.69, 9.17) is 15.5 Å². The van der Waals surface area contributed by atoms with Crippen LogP contribution >= 0.6 is 0 Å². The number of carboxylic acids is 2. The van der Waals surface area contributed by atoms with Gasteiger partial charge in [0.25, 0.3) is 0 Å². The minimum atomic E-state index is -1.69. The monoisotopic (exact) mass is 251 g/mol. The molecule has 6 heteroatoms. The molecule has 0 aliphatic rings. The maximum Gasteiger partial charge on any atom is 0.305 e. The second kappa shape index (κ2) is 5.27. The Balaban J connectivity index is 3.25. The standard InChI is InChI=1S/C12H10FNO4/c13-9-3-1-8(2-4-9)12(7-14,5-10(15)16)6-11(17)18/h1-4H,5-6H2,(H,15,16)(H,17,18). The van der Waals surface area contributed by atoms with Gasteiger partial charge in [-0.3, -0.25) is 9.59 Å². The molecule has 0 fully saturated rings. The van der Waals surface area contributed by atoms with Crippen molar-refractivity contribution in [3.05, 3.63) is 35.6 Å². The fourth-order valence-corrected chi connectivity index (χ4v) is 1.70. The van der Waals surface area contributed by atoms with Crippen LogP contribution in [0.25, 0.3) is 0 Å². The van der Waals surface area contributed by atoms with Gasteiger partial charge >= 0.3 is 11.9 Å². The van der Waals surface area contributed by atoms with Crippen molar-refractivity contribution in [2.45, 2.75) is 18.3 Å². The Kier molecular flexibility index (Phi) is 4.00. The summed E-state index contributed by atoms with van der Waals surface area (Å²) in [6.45, 7) is 0. The summed E-state index contributed by atoms with van der Waals surface area (Å²) in [6, 6.07) is 6.30. The lowest BCUT2D eigenvalue weighted by molar-refractivity contribution is -0.140. The third-order valence-electron chi connectivity index (χ3n) is 2.52. The molecule has 94 valence electrons. The predicted octanol–water partition coefficient (Wildman–Crippen LogP) is 1.54. The second-order valence-electron chi connectivity index (χ2n) is 3.84. The number of hydrogen-bond donors (Lipinski definition) is 2. The zero-order valence-corrected chi connectivity index (χ0v) is 9.26. The Morgan fingerprint density at radius 2 is 1.61 bits per heavy atom. The van der Waals surface area contributed by atoms with Crippen LogP contribution in [0.5, 0.6) is 0 Å². The zero-order chi connectivity index (χ0) is 13.8. The average molecular weight is 251 g/mol. The van der Waals surface area contributed by atoms with E-state index in [1.807, 2.05) is 0 Å². The van der Waals surface area contributed by atoms with Crippen LogP contribution in [0, 0.1) is 17.1 Å². The first-order valence-corrected chi connectivity index (χ1v) is 5.00. The number of aliphatic carboxylic acids is 2. The van der Waals surface area contributed by atoms with Crippen molar-refractivity contribution < 1.29 is 24.2 Å².